The molecular formula is C27H26NO2P. The van der Waals surface area contributed by atoms with Gasteiger partial charge in [-0.1, -0.05) is 97.1 Å². The van der Waals surface area contributed by atoms with E-state index in [0.717, 1.165) is 21.7 Å². The second-order valence-corrected chi connectivity index (χ2v) is 10.3. The lowest BCUT2D eigenvalue weighted by atomic mass is 9.96. The van der Waals surface area contributed by atoms with Crippen LogP contribution < -0.4 is 10.6 Å². The van der Waals surface area contributed by atoms with Crippen molar-refractivity contribution >= 4 is 17.9 Å². The van der Waals surface area contributed by atoms with Crippen molar-refractivity contribution in [3.8, 4) is 0 Å². The van der Waals surface area contributed by atoms with Crippen molar-refractivity contribution in [1.82, 2.24) is 4.67 Å². The molecule has 0 aliphatic rings. The maximum atomic E-state index is 14.9. The average Bonchev–Trinajstić information content (AvgIpc) is 2.86. The molecule has 31 heavy (non-hydrogen) atoms. The Hall–Kier alpha value is -2.97. The molecule has 0 saturated carbocycles. The molecule has 0 aromatic heterocycles. The zero-order valence-electron chi connectivity index (χ0n) is 17.5. The maximum absolute atomic E-state index is 14.9. The lowest BCUT2D eigenvalue weighted by Crippen LogP contribution is -2.35. The molecule has 0 aliphatic heterocycles. The Morgan fingerprint density at radius 2 is 0.968 bits per heavy atom. The average molecular weight is 427 g/mol. The first-order chi connectivity index (χ1) is 15.1. The summed E-state index contributed by atoms with van der Waals surface area (Å²) >= 11 is 0. The van der Waals surface area contributed by atoms with Gasteiger partial charge in [-0.15, -0.1) is 0 Å². The van der Waals surface area contributed by atoms with Gasteiger partial charge in [-0.2, -0.15) is 0 Å². The molecule has 0 spiro atoms. The molecule has 0 saturated heterocycles. The fraction of sp³-hybridized carbons (Fsp3) is 0.111. The molecule has 156 valence electrons. The van der Waals surface area contributed by atoms with Crippen LogP contribution in [0.1, 0.15) is 23.3 Å². The van der Waals surface area contributed by atoms with E-state index in [-0.39, 0.29) is 0 Å². The van der Waals surface area contributed by atoms with Crippen LogP contribution in [-0.4, -0.2) is 16.8 Å². The fourth-order valence-corrected chi connectivity index (χ4v) is 6.82. The Labute approximate surface area is 184 Å². The number of hydrogen-bond donors (Lipinski definition) is 1. The smallest absolute Gasteiger partial charge is 0.207 e. The zero-order valence-corrected chi connectivity index (χ0v) is 18.3. The van der Waals surface area contributed by atoms with Crippen LogP contribution in [0, 0.1) is 0 Å². The minimum Gasteiger partial charge on any atom is -0.386 e. The molecule has 4 rings (SSSR count). The molecule has 0 amide bonds. The van der Waals surface area contributed by atoms with Crippen molar-refractivity contribution in [3.05, 3.63) is 132 Å². The van der Waals surface area contributed by atoms with Crippen LogP contribution in [0.25, 0.3) is 0 Å². The summed E-state index contributed by atoms with van der Waals surface area (Å²) in [6.45, 7) is 0. The number of benzene rings is 4. The molecule has 2 atom stereocenters. The Kier molecular flexibility index (Phi) is 6.48. The van der Waals surface area contributed by atoms with Crippen LogP contribution >= 0.6 is 7.29 Å². The van der Waals surface area contributed by atoms with E-state index in [2.05, 4.69) is 0 Å². The van der Waals surface area contributed by atoms with Crippen LogP contribution in [0.3, 0.4) is 0 Å². The van der Waals surface area contributed by atoms with Gasteiger partial charge in [-0.25, -0.2) is 4.67 Å². The van der Waals surface area contributed by atoms with Gasteiger partial charge in [0.25, 0.3) is 0 Å². The summed E-state index contributed by atoms with van der Waals surface area (Å²) < 4.78 is 16.7. The van der Waals surface area contributed by atoms with Crippen LogP contribution in [0.2, 0.25) is 0 Å². The molecule has 0 aliphatic carbocycles. The third-order valence-corrected chi connectivity index (χ3v) is 8.77. The minimum atomic E-state index is -3.24. The van der Waals surface area contributed by atoms with Gasteiger partial charge in [0, 0.05) is 10.6 Å². The number of likely N-dealkylation sites (N-methyl/N-ethyl adjacent to an activating group) is 1. The number of aliphatic hydroxyl groups excluding tert-OH is 1. The monoisotopic (exact) mass is 427 g/mol. The second kappa shape index (κ2) is 9.45. The number of hydrogen-bond acceptors (Lipinski definition) is 2. The Morgan fingerprint density at radius 3 is 1.39 bits per heavy atom. The molecule has 4 heteroatoms. The van der Waals surface area contributed by atoms with Crippen molar-refractivity contribution in [2.75, 3.05) is 7.05 Å². The second-order valence-electron chi connectivity index (χ2n) is 7.53. The first-order valence-electron chi connectivity index (χ1n) is 10.3. The predicted molar refractivity (Wildman–Crippen MR) is 128 cm³/mol. The summed E-state index contributed by atoms with van der Waals surface area (Å²) in [6, 6.07) is 38.0. The lowest BCUT2D eigenvalue weighted by Gasteiger charge is -2.38. The quantitative estimate of drug-likeness (QED) is 0.406. The predicted octanol–water partition coefficient (Wildman–Crippen LogP) is 5.32. The standard InChI is InChI=1S/C27H26NO2P/c1-28(31(30,24-18-10-4-11-19-24)25-20-12-5-13-21-25)26(22-14-6-2-7-15-22)27(29)23-16-8-3-9-17-23/h2-21,26-27,29H,1H3/t26-,27?/m0/s1. The summed E-state index contributed by atoms with van der Waals surface area (Å²) in [7, 11) is -1.39. The van der Waals surface area contributed by atoms with Gasteiger partial charge < -0.3 is 5.11 Å². The van der Waals surface area contributed by atoms with Gasteiger partial charge in [0.05, 0.1) is 12.1 Å². The maximum Gasteiger partial charge on any atom is 0.207 e. The van der Waals surface area contributed by atoms with Crippen molar-refractivity contribution < 1.29 is 9.67 Å². The molecular weight excluding hydrogens is 401 g/mol. The van der Waals surface area contributed by atoms with Gasteiger partial charge in [0.2, 0.25) is 7.29 Å². The summed E-state index contributed by atoms with van der Waals surface area (Å²) in [5.41, 5.74) is 1.70. The minimum absolute atomic E-state index is 0.505. The molecule has 0 bridgehead atoms. The van der Waals surface area contributed by atoms with Gasteiger partial charge in [0.15, 0.2) is 0 Å². The molecule has 4 aromatic carbocycles. The Bertz CT molecular complexity index is 1090. The van der Waals surface area contributed by atoms with E-state index in [9.17, 15) is 9.67 Å². The molecule has 3 nitrogen and oxygen atoms in total. The van der Waals surface area contributed by atoms with E-state index >= 15 is 0 Å². The van der Waals surface area contributed by atoms with Gasteiger partial charge in [0.1, 0.15) is 0 Å². The van der Waals surface area contributed by atoms with E-state index < -0.39 is 19.4 Å². The molecule has 4 aromatic rings. The summed E-state index contributed by atoms with van der Waals surface area (Å²) in [4.78, 5) is 0. The normalized spacial score (nSPS) is 13.6. The van der Waals surface area contributed by atoms with Crippen molar-refractivity contribution in [1.29, 1.82) is 0 Å². The van der Waals surface area contributed by atoms with Crippen LogP contribution in [-0.2, 0) is 4.57 Å². The largest absolute Gasteiger partial charge is 0.386 e. The van der Waals surface area contributed by atoms with E-state index in [1.165, 1.54) is 0 Å². The lowest BCUT2D eigenvalue weighted by molar-refractivity contribution is 0.0987. The fourth-order valence-electron chi connectivity index (χ4n) is 4.03. The van der Waals surface area contributed by atoms with Crippen molar-refractivity contribution in [2.45, 2.75) is 12.1 Å². The van der Waals surface area contributed by atoms with Crippen molar-refractivity contribution in [3.63, 3.8) is 0 Å². The highest BCUT2D eigenvalue weighted by Crippen LogP contribution is 2.53. The van der Waals surface area contributed by atoms with Crippen molar-refractivity contribution in [2.24, 2.45) is 0 Å². The molecule has 1 N–H and O–H groups in total. The van der Waals surface area contributed by atoms with E-state index in [1.807, 2.05) is 133 Å². The molecule has 0 heterocycles. The van der Waals surface area contributed by atoms with E-state index in [0.29, 0.717) is 0 Å². The van der Waals surface area contributed by atoms with Crippen LogP contribution in [0.4, 0.5) is 0 Å². The topological polar surface area (TPSA) is 40.5 Å². The highest BCUT2D eigenvalue weighted by molar-refractivity contribution is 7.76. The van der Waals surface area contributed by atoms with E-state index in [4.69, 9.17) is 0 Å². The number of aliphatic hydroxyl groups is 1. The highest BCUT2D eigenvalue weighted by atomic mass is 31.2. The Morgan fingerprint density at radius 1 is 0.613 bits per heavy atom. The molecule has 0 radical (unpaired) electrons. The van der Waals surface area contributed by atoms with Gasteiger partial charge >= 0.3 is 0 Å². The molecule has 1 unspecified atom stereocenters. The number of rotatable bonds is 7. The summed E-state index contributed by atoms with van der Waals surface area (Å²) in [5, 5.41) is 13.0. The summed E-state index contributed by atoms with van der Waals surface area (Å²) in [6.07, 6.45) is -0.852. The van der Waals surface area contributed by atoms with Crippen LogP contribution in [0.15, 0.2) is 121 Å². The first-order valence-corrected chi connectivity index (χ1v) is 12.0. The van der Waals surface area contributed by atoms with E-state index in [1.54, 1.807) is 0 Å². The third-order valence-electron chi connectivity index (χ3n) is 5.64. The highest BCUT2D eigenvalue weighted by Gasteiger charge is 2.40. The summed E-state index contributed by atoms with van der Waals surface area (Å²) in [5.74, 6) is 0. The van der Waals surface area contributed by atoms with Gasteiger partial charge in [-0.05, 0) is 42.4 Å². The molecule has 0 fully saturated rings. The SMILES string of the molecule is CN([C@@H](c1ccccc1)C(O)c1ccccc1)P(=O)(c1ccccc1)c1ccccc1. The van der Waals surface area contributed by atoms with Crippen LogP contribution in [0.5, 0.6) is 0 Å². The third kappa shape index (κ3) is 4.26. The van der Waals surface area contributed by atoms with Gasteiger partial charge in [-0.3, -0.25) is 4.57 Å². The Balaban J connectivity index is 1.89. The number of nitrogens with zero attached hydrogens (tertiary/aromatic N) is 1. The zero-order chi connectivity index (χ0) is 21.7. The first kappa shape index (κ1) is 21.3.